The zero-order valence-electron chi connectivity index (χ0n) is 10.2. The Balaban J connectivity index is 1.62. The van der Waals surface area contributed by atoms with Gasteiger partial charge in [-0.05, 0) is 6.92 Å². The second kappa shape index (κ2) is 5.86. The Labute approximate surface area is 101 Å². The minimum atomic E-state index is 0.187. The minimum absolute atomic E-state index is 0.187. The number of nitrogens with one attached hydrogen (secondary N) is 2. The summed E-state index contributed by atoms with van der Waals surface area (Å²) in [7, 11) is 0. The number of carbonyl (C=O) groups is 1. The first-order valence-electron chi connectivity index (χ1n) is 6.16. The van der Waals surface area contributed by atoms with Crippen molar-refractivity contribution in [1.82, 2.24) is 15.5 Å². The molecular weight excluding hydrogens is 220 g/mol. The van der Waals surface area contributed by atoms with E-state index in [0.29, 0.717) is 32.2 Å². The van der Waals surface area contributed by atoms with Crippen LogP contribution in [-0.4, -0.2) is 62.2 Å². The maximum Gasteiger partial charge on any atom is 0.224 e. The molecule has 0 aromatic rings. The summed E-state index contributed by atoms with van der Waals surface area (Å²) < 4.78 is 5.21. The van der Waals surface area contributed by atoms with Crippen LogP contribution in [0.3, 0.4) is 0 Å². The van der Waals surface area contributed by atoms with E-state index in [1.807, 2.05) is 4.90 Å². The third-order valence-corrected chi connectivity index (χ3v) is 2.90. The van der Waals surface area contributed by atoms with Gasteiger partial charge >= 0.3 is 0 Å². The minimum Gasteiger partial charge on any atom is -0.378 e. The normalized spacial score (nSPS) is 24.2. The van der Waals surface area contributed by atoms with Crippen molar-refractivity contribution in [2.75, 3.05) is 39.4 Å². The van der Waals surface area contributed by atoms with Gasteiger partial charge in [0.25, 0.3) is 0 Å². The lowest BCUT2D eigenvalue weighted by atomic mass is 10.3. The number of morpholine rings is 1. The highest BCUT2D eigenvalue weighted by molar-refractivity contribution is 5.82. The van der Waals surface area contributed by atoms with E-state index in [1.54, 1.807) is 0 Å². The van der Waals surface area contributed by atoms with Gasteiger partial charge in [0.1, 0.15) is 0 Å². The zero-order chi connectivity index (χ0) is 12.1. The third kappa shape index (κ3) is 3.59. The van der Waals surface area contributed by atoms with E-state index < -0.39 is 0 Å². The second-order valence-corrected chi connectivity index (χ2v) is 4.40. The molecule has 6 heteroatoms. The van der Waals surface area contributed by atoms with E-state index in [2.05, 4.69) is 22.5 Å². The van der Waals surface area contributed by atoms with Crippen molar-refractivity contribution in [1.29, 1.82) is 0 Å². The molecule has 0 radical (unpaired) electrons. The van der Waals surface area contributed by atoms with Crippen LogP contribution in [0.1, 0.15) is 13.3 Å². The Bertz CT molecular complexity index is 300. The van der Waals surface area contributed by atoms with E-state index in [9.17, 15) is 4.79 Å². The Morgan fingerprint density at radius 2 is 2.35 bits per heavy atom. The predicted molar refractivity (Wildman–Crippen MR) is 64.9 cm³/mol. The molecule has 2 aliphatic rings. The molecule has 2 N–H and O–H groups in total. The van der Waals surface area contributed by atoms with Gasteiger partial charge in [-0.1, -0.05) is 0 Å². The van der Waals surface area contributed by atoms with Crippen LogP contribution in [0.2, 0.25) is 0 Å². The van der Waals surface area contributed by atoms with Crippen LogP contribution in [-0.2, 0) is 9.53 Å². The number of ether oxygens (including phenoxy) is 1. The molecule has 1 fully saturated rings. The van der Waals surface area contributed by atoms with Gasteiger partial charge in [0, 0.05) is 32.1 Å². The first-order chi connectivity index (χ1) is 8.25. The zero-order valence-corrected chi connectivity index (χ0v) is 10.2. The summed E-state index contributed by atoms with van der Waals surface area (Å²) in [5.41, 5.74) is 0. The summed E-state index contributed by atoms with van der Waals surface area (Å²) >= 11 is 0. The summed E-state index contributed by atoms with van der Waals surface area (Å²) in [4.78, 5) is 17.9. The van der Waals surface area contributed by atoms with Crippen LogP contribution in [0.4, 0.5) is 0 Å². The molecule has 1 saturated heterocycles. The summed E-state index contributed by atoms with van der Waals surface area (Å²) in [6, 6.07) is 0.396. The van der Waals surface area contributed by atoms with Gasteiger partial charge in [0.05, 0.1) is 19.8 Å². The molecule has 0 bridgehead atoms. The number of nitrogens with zero attached hydrogens (tertiary/aromatic N) is 2. The molecule has 6 nitrogen and oxygen atoms in total. The van der Waals surface area contributed by atoms with Crippen molar-refractivity contribution in [3.63, 3.8) is 0 Å². The first-order valence-corrected chi connectivity index (χ1v) is 6.16. The quantitative estimate of drug-likeness (QED) is 0.676. The van der Waals surface area contributed by atoms with Gasteiger partial charge in [-0.2, -0.15) is 0 Å². The van der Waals surface area contributed by atoms with Gasteiger partial charge in [-0.25, -0.2) is 0 Å². The number of hydrogen-bond acceptors (Lipinski definition) is 5. The summed E-state index contributed by atoms with van der Waals surface area (Å²) in [6.45, 7) is 6.27. The number of carbonyl (C=O) groups excluding carboxylic acids is 1. The van der Waals surface area contributed by atoms with Crippen molar-refractivity contribution < 1.29 is 9.53 Å². The Kier molecular flexibility index (Phi) is 4.19. The van der Waals surface area contributed by atoms with Crippen molar-refractivity contribution in [2.24, 2.45) is 4.99 Å². The molecule has 1 amide bonds. The van der Waals surface area contributed by atoms with Gasteiger partial charge < -0.3 is 20.3 Å². The van der Waals surface area contributed by atoms with Crippen LogP contribution >= 0.6 is 0 Å². The van der Waals surface area contributed by atoms with Gasteiger partial charge in [0.15, 0.2) is 5.96 Å². The molecular formula is C11H20N4O2. The van der Waals surface area contributed by atoms with Crippen molar-refractivity contribution in [3.8, 4) is 0 Å². The molecule has 2 rings (SSSR count). The number of hydrogen-bond donors (Lipinski definition) is 2. The molecule has 1 unspecified atom stereocenters. The third-order valence-electron chi connectivity index (χ3n) is 2.90. The standard InChI is InChI=1S/C11H20N4O2/c1-9-8-13-11(14-9)12-3-2-10(16)15-4-6-17-7-5-15/h9H,2-8H2,1H3,(H2,12,13,14). The average molecular weight is 240 g/mol. The SMILES string of the molecule is CC1CN=C(NCCC(=O)N2CCOCC2)N1. The molecule has 0 spiro atoms. The number of aliphatic imine (C=N–C) groups is 1. The second-order valence-electron chi connectivity index (χ2n) is 4.40. The summed E-state index contributed by atoms with van der Waals surface area (Å²) in [5.74, 6) is 1.000. The highest BCUT2D eigenvalue weighted by Crippen LogP contribution is 1.99. The van der Waals surface area contributed by atoms with Crippen LogP contribution in [0.5, 0.6) is 0 Å². The fourth-order valence-corrected chi connectivity index (χ4v) is 1.92. The number of guanidine groups is 1. The van der Waals surface area contributed by atoms with E-state index in [-0.39, 0.29) is 5.91 Å². The maximum atomic E-state index is 11.8. The molecule has 0 saturated carbocycles. The Morgan fingerprint density at radius 1 is 1.59 bits per heavy atom. The number of rotatable bonds is 3. The van der Waals surface area contributed by atoms with E-state index in [0.717, 1.165) is 25.6 Å². The molecule has 2 aliphatic heterocycles. The van der Waals surface area contributed by atoms with Crippen molar-refractivity contribution in [3.05, 3.63) is 0 Å². The van der Waals surface area contributed by atoms with Crippen LogP contribution in [0, 0.1) is 0 Å². The molecule has 2 heterocycles. The first kappa shape index (κ1) is 12.2. The molecule has 1 atom stereocenters. The lowest BCUT2D eigenvalue weighted by Gasteiger charge is -2.26. The fraction of sp³-hybridized carbons (Fsp3) is 0.818. The van der Waals surface area contributed by atoms with Gasteiger partial charge in [-0.3, -0.25) is 9.79 Å². The fourth-order valence-electron chi connectivity index (χ4n) is 1.92. The van der Waals surface area contributed by atoms with E-state index in [1.165, 1.54) is 0 Å². The van der Waals surface area contributed by atoms with Crippen molar-refractivity contribution >= 4 is 11.9 Å². The highest BCUT2D eigenvalue weighted by Gasteiger charge is 2.17. The van der Waals surface area contributed by atoms with E-state index in [4.69, 9.17) is 4.74 Å². The smallest absolute Gasteiger partial charge is 0.224 e. The average Bonchev–Trinajstić information content (AvgIpc) is 2.76. The Hall–Kier alpha value is -1.30. The van der Waals surface area contributed by atoms with Crippen LogP contribution < -0.4 is 10.6 Å². The number of amides is 1. The molecule has 0 aliphatic carbocycles. The molecule has 0 aromatic heterocycles. The monoisotopic (exact) mass is 240 g/mol. The van der Waals surface area contributed by atoms with Gasteiger partial charge in [0.2, 0.25) is 5.91 Å². The van der Waals surface area contributed by atoms with Crippen molar-refractivity contribution in [2.45, 2.75) is 19.4 Å². The Morgan fingerprint density at radius 3 is 3.00 bits per heavy atom. The highest BCUT2D eigenvalue weighted by atomic mass is 16.5. The molecule has 17 heavy (non-hydrogen) atoms. The summed E-state index contributed by atoms with van der Waals surface area (Å²) in [6.07, 6.45) is 0.509. The predicted octanol–water partition coefficient (Wildman–Crippen LogP) is -0.827. The van der Waals surface area contributed by atoms with Crippen LogP contribution in [0.25, 0.3) is 0 Å². The molecule has 96 valence electrons. The largest absolute Gasteiger partial charge is 0.378 e. The molecule has 0 aromatic carbocycles. The topological polar surface area (TPSA) is 66.0 Å². The van der Waals surface area contributed by atoms with E-state index >= 15 is 0 Å². The lowest BCUT2D eigenvalue weighted by Crippen LogP contribution is -2.43. The lowest BCUT2D eigenvalue weighted by molar-refractivity contribution is -0.135. The maximum absolute atomic E-state index is 11.8. The van der Waals surface area contributed by atoms with Crippen LogP contribution in [0.15, 0.2) is 4.99 Å². The van der Waals surface area contributed by atoms with Gasteiger partial charge in [-0.15, -0.1) is 0 Å². The summed E-state index contributed by atoms with van der Waals surface area (Å²) in [5, 5.41) is 6.34.